The predicted octanol–water partition coefficient (Wildman–Crippen LogP) is 4.64. The van der Waals surface area contributed by atoms with Crippen LogP contribution in [0, 0.1) is 0 Å². The monoisotopic (exact) mass is 303 g/mol. The summed E-state index contributed by atoms with van der Waals surface area (Å²) in [6.07, 6.45) is -3.12. The molecule has 0 aromatic heterocycles. The predicted molar refractivity (Wildman–Crippen MR) is 78.5 cm³/mol. The molecule has 0 aliphatic heterocycles. The van der Waals surface area contributed by atoms with Crippen LogP contribution >= 0.6 is 0 Å². The second-order valence-corrected chi connectivity index (χ2v) is 6.15. The molecule has 0 bridgehead atoms. The van der Waals surface area contributed by atoms with Crippen LogP contribution in [0.15, 0.2) is 24.3 Å². The minimum Gasteiger partial charge on any atom is -0.488 e. The maximum absolute atomic E-state index is 13.0. The summed E-state index contributed by atoms with van der Waals surface area (Å²) in [6, 6.07) is 5.36. The van der Waals surface area contributed by atoms with Gasteiger partial charge < -0.3 is 10.1 Å². The van der Waals surface area contributed by atoms with E-state index >= 15 is 0 Å². The number of alkyl halides is 3. The molecule has 0 heterocycles. The Morgan fingerprint density at radius 3 is 2.29 bits per heavy atom. The van der Waals surface area contributed by atoms with Crippen LogP contribution in [0.4, 0.5) is 13.2 Å². The molecule has 120 valence electrons. The van der Waals surface area contributed by atoms with E-state index in [0.29, 0.717) is 13.0 Å². The number of nitrogens with one attached hydrogen (secondary N) is 1. The van der Waals surface area contributed by atoms with E-state index in [1.165, 1.54) is 12.1 Å². The van der Waals surface area contributed by atoms with Gasteiger partial charge in [0.05, 0.1) is 5.56 Å². The van der Waals surface area contributed by atoms with E-state index in [1.807, 2.05) is 27.7 Å². The van der Waals surface area contributed by atoms with Gasteiger partial charge in [-0.25, -0.2) is 0 Å². The zero-order valence-electron chi connectivity index (χ0n) is 13.1. The summed E-state index contributed by atoms with van der Waals surface area (Å²) in [5.74, 6) is -0.0980. The molecule has 0 fully saturated rings. The van der Waals surface area contributed by atoms with Crippen LogP contribution in [0.3, 0.4) is 0 Å². The molecular formula is C16H24F3NO. The molecule has 1 aromatic rings. The minimum atomic E-state index is -4.40. The van der Waals surface area contributed by atoms with Gasteiger partial charge in [0.25, 0.3) is 0 Å². The highest BCUT2D eigenvalue weighted by molar-refractivity contribution is 5.35. The molecule has 1 N–H and O–H groups in total. The normalized spacial score (nSPS) is 14.0. The highest BCUT2D eigenvalue weighted by Gasteiger charge is 2.34. The third kappa shape index (κ3) is 6.38. The summed E-state index contributed by atoms with van der Waals surface area (Å²) < 4.78 is 44.5. The maximum atomic E-state index is 13.0. The Hall–Kier alpha value is -1.23. The Labute approximate surface area is 124 Å². The lowest BCUT2D eigenvalue weighted by atomic mass is 10.1. The molecule has 0 radical (unpaired) electrons. The van der Waals surface area contributed by atoms with Gasteiger partial charge in [0, 0.05) is 12.1 Å². The van der Waals surface area contributed by atoms with Crippen molar-refractivity contribution in [2.45, 2.75) is 58.4 Å². The van der Waals surface area contributed by atoms with Gasteiger partial charge in [-0.05, 0) is 39.3 Å². The number of halogens is 3. The highest BCUT2D eigenvalue weighted by Crippen LogP contribution is 2.36. The van der Waals surface area contributed by atoms with Crippen molar-refractivity contribution < 1.29 is 17.9 Å². The molecule has 0 saturated heterocycles. The first-order chi connectivity index (χ1) is 9.63. The minimum absolute atomic E-state index is 0.0980. The zero-order chi connectivity index (χ0) is 16.1. The lowest BCUT2D eigenvalue weighted by Gasteiger charge is -2.26. The molecule has 0 amide bonds. The molecule has 0 aliphatic rings. The maximum Gasteiger partial charge on any atom is 0.419 e. The topological polar surface area (TPSA) is 21.3 Å². The Morgan fingerprint density at radius 1 is 1.14 bits per heavy atom. The van der Waals surface area contributed by atoms with Crippen LogP contribution in [0.25, 0.3) is 0 Å². The standard InChI is InChI=1S/C16H24F3NO/c1-5-8-12(11-20-15(2,3)4)21-14-10-7-6-9-13(14)16(17,18)19/h6-7,9-10,12,20H,5,8,11H2,1-4H3. The molecule has 0 saturated carbocycles. The average Bonchev–Trinajstić information content (AvgIpc) is 2.35. The molecule has 1 unspecified atom stereocenters. The third-order valence-corrected chi connectivity index (χ3v) is 2.96. The SMILES string of the molecule is CCCC(CNC(C)(C)C)Oc1ccccc1C(F)(F)F. The van der Waals surface area contributed by atoms with Crippen molar-refractivity contribution in [1.29, 1.82) is 0 Å². The van der Waals surface area contributed by atoms with E-state index in [4.69, 9.17) is 4.74 Å². The third-order valence-electron chi connectivity index (χ3n) is 2.96. The number of hydrogen-bond donors (Lipinski definition) is 1. The van der Waals surface area contributed by atoms with Crippen LogP contribution < -0.4 is 10.1 Å². The van der Waals surface area contributed by atoms with Crippen molar-refractivity contribution in [3.8, 4) is 5.75 Å². The number of ether oxygens (including phenoxy) is 1. The summed E-state index contributed by atoms with van der Waals surface area (Å²) in [5, 5.41) is 3.28. The van der Waals surface area contributed by atoms with Crippen molar-refractivity contribution >= 4 is 0 Å². The lowest BCUT2D eigenvalue weighted by Crippen LogP contribution is -2.42. The fourth-order valence-corrected chi connectivity index (χ4v) is 1.93. The molecule has 2 nitrogen and oxygen atoms in total. The number of para-hydroxylation sites is 1. The van der Waals surface area contributed by atoms with Gasteiger partial charge in [-0.1, -0.05) is 25.5 Å². The Bertz CT molecular complexity index is 438. The van der Waals surface area contributed by atoms with Crippen molar-refractivity contribution in [2.24, 2.45) is 0 Å². The summed E-state index contributed by atoms with van der Waals surface area (Å²) in [4.78, 5) is 0. The van der Waals surface area contributed by atoms with E-state index in [-0.39, 0.29) is 17.4 Å². The number of hydrogen-bond acceptors (Lipinski definition) is 2. The molecular weight excluding hydrogens is 279 g/mol. The van der Waals surface area contributed by atoms with Crippen LogP contribution in [0.5, 0.6) is 5.75 Å². The van der Waals surface area contributed by atoms with Crippen LogP contribution in [-0.4, -0.2) is 18.2 Å². The van der Waals surface area contributed by atoms with Gasteiger partial charge in [0.2, 0.25) is 0 Å². The van der Waals surface area contributed by atoms with Crippen molar-refractivity contribution in [1.82, 2.24) is 5.32 Å². The summed E-state index contributed by atoms with van der Waals surface area (Å²) in [7, 11) is 0. The number of benzene rings is 1. The zero-order valence-corrected chi connectivity index (χ0v) is 13.1. The van der Waals surface area contributed by atoms with E-state index in [9.17, 15) is 13.2 Å². The van der Waals surface area contributed by atoms with Crippen LogP contribution in [0.1, 0.15) is 46.1 Å². The van der Waals surface area contributed by atoms with Crippen molar-refractivity contribution in [3.63, 3.8) is 0 Å². The molecule has 1 atom stereocenters. The Kier molecular flexibility index (Phi) is 6.08. The fraction of sp³-hybridized carbons (Fsp3) is 0.625. The average molecular weight is 303 g/mol. The lowest BCUT2D eigenvalue weighted by molar-refractivity contribution is -0.139. The van der Waals surface area contributed by atoms with E-state index in [0.717, 1.165) is 12.5 Å². The largest absolute Gasteiger partial charge is 0.488 e. The number of rotatable bonds is 6. The molecule has 5 heteroatoms. The molecule has 21 heavy (non-hydrogen) atoms. The summed E-state index contributed by atoms with van der Waals surface area (Å²) >= 11 is 0. The van der Waals surface area contributed by atoms with Gasteiger partial charge in [-0.3, -0.25) is 0 Å². The van der Waals surface area contributed by atoms with E-state index in [2.05, 4.69) is 5.32 Å². The Balaban J connectivity index is 2.84. The van der Waals surface area contributed by atoms with Gasteiger partial charge in [-0.15, -0.1) is 0 Å². The fourth-order valence-electron chi connectivity index (χ4n) is 1.93. The van der Waals surface area contributed by atoms with Gasteiger partial charge in [0.15, 0.2) is 0 Å². The van der Waals surface area contributed by atoms with Crippen LogP contribution in [-0.2, 0) is 6.18 Å². The first-order valence-electron chi connectivity index (χ1n) is 7.21. The molecule has 0 aliphatic carbocycles. The van der Waals surface area contributed by atoms with E-state index < -0.39 is 11.7 Å². The van der Waals surface area contributed by atoms with Crippen LogP contribution in [0.2, 0.25) is 0 Å². The molecule has 0 spiro atoms. The molecule has 1 aromatic carbocycles. The Morgan fingerprint density at radius 2 is 1.76 bits per heavy atom. The van der Waals surface area contributed by atoms with Crippen molar-refractivity contribution in [2.75, 3.05) is 6.54 Å². The van der Waals surface area contributed by atoms with Crippen molar-refractivity contribution in [3.05, 3.63) is 29.8 Å². The summed E-state index contributed by atoms with van der Waals surface area (Å²) in [6.45, 7) is 8.55. The highest BCUT2D eigenvalue weighted by atomic mass is 19.4. The first-order valence-corrected chi connectivity index (χ1v) is 7.21. The first kappa shape index (κ1) is 17.8. The van der Waals surface area contributed by atoms with Gasteiger partial charge in [0.1, 0.15) is 11.9 Å². The quantitative estimate of drug-likeness (QED) is 0.826. The van der Waals surface area contributed by atoms with E-state index in [1.54, 1.807) is 6.07 Å². The second-order valence-electron chi connectivity index (χ2n) is 6.15. The smallest absolute Gasteiger partial charge is 0.419 e. The second kappa shape index (κ2) is 7.16. The molecule has 1 rings (SSSR count). The van der Waals surface area contributed by atoms with Gasteiger partial charge >= 0.3 is 6.18 Å². The summed E-state index contributed by atoms with van der Waals surface area (Å²) in [5.41, 5.74) is -0.819. The van der Waals surface area contributed by atoms with Gasteiger partial charge in [-0.2, -0.15) is 13.2 Å².